The topological polar surface area (TPSA) is 88.4 Å². The van der Waals surface area contributed by atoms with Gasteiger partial charge in [0, 0.05) is 35.2 Å². The fraction of sp³-hybridized carbons (Fsp3) is 0.524. The summed E-state index contributed by atoms with van der Waals surface area (Å²) in [5, 5.41) is 13.5. The van der Waals surface area contributed by atoms with E-state index in [9.17, 15) is 4.79 Å². The molecular formula is C21H28N4O3. The molecule has 1 saturated heterocycles. The smallest absolute Gasteiger partial charge is 0.320 e. The number of amides is 2. The summed E-state index contributed by atoms with van der Waals surface area (Å²) in [5.41, 5.74) is 2.03. The molecule has 7 heteroatoms. The van der Waals surface area contributed by atoms with Crippen molar-refractivity contribution in [3.63, 3.8) is 0 Å². The zero-order chi connectivity index (χ0) is 19.9. The molecule has 0 aliphatic carbocycles. The molecule has 0 spiro atoms. The highest BCUT2D eigenvalue weighted by molar-refractivity contribution is 5.89. The van der Waals surface area contributed by atoms with Crippen molar-refractivity contribution < 1.29 is 14.1 Å². The Hall–Kier alpha value is -2.54. The normalized spacial score (nSPS) is 20.3. The molecule has 0 unspecified atom stereocenters. The Kier molecular flexibility index (Phi) is 4.57. The van der Waals surface area contributed by atoms with Gasteiger partial charge in [-0.1, -0.05) is 5.16 Å². The van der Waals surface area contributed by atoms with Crippen LogP contribution in [0.25, 0.3) is 11.3 Å². The SMILES string of the molecule is CC1(C)CC(NC(=O)Nc2cc(-c3ccc4c(c3)CCO4)on2)CC(C)(C)N1. The average molecular weight is 384 g/mol. The Labute approximate surface area is 165 Å². The minimum Gasteiger partial charge on any atom is -0.493 e. The van der Waals surface area contributed by atoms with Crippen molar-refractivity contribution >= 4 is 11.8 Å². The summed E-state index contributed by atoms with van der Waals surface area (Å²) in [4.78, 5) is 12.5. The van der Waals surface area contributed by atoms with Gasteiger partial charge < -0.3 is 19.9 Å². The number of anilines is 1. The molecule has 1 aromatic heterocycles. The Morgan fingerprint density at radius 1 is 1.18 bits per heavy atom. The lowest BCUT2D eigenvalue weighted by Gasteiger charge is -2.46. The lowest BCUT2D eigenvalue weighted by Crippen LogP contribution is -2.62. The molecule has 2 aliphatic rings. The number of ether oxygens (including phenoxy) is 1. The molecule has 0 saturated carbocycles. The number of rotatable bonds is 3. The Bertz CT molecular complexity index is 872. The van der Waals surface area contributed by atoms with Crippen LogP contribution in [0, 0.1) is 0 Å². The van der Waals surface area contributed by atoms with E-state index in [-0.39, 0.29) is 23.2 Å². The minimum absolute atomic E-state index is 0.0297. The van der Waals surface area contributed by atoms with Crippen molar-refractivity contribution in [2.45, 2.75) is 64.1 Å². The molecule has 2 aliphatic heterocycles. The highest BCUT2D eigenvalue weighted by atomic mass is 16.5. The monoisotopic (exact) mass is 384 g/mol. The van der Waals surface area contributed by atoms with Crippen LogP contribution < -0.4 is 20.7 Å². The number of fused-ring (bicyclic) bond motifs is 1. The van der Waals surface area contributed by atoms with Crippen LogP contribution in [-0.4, -0.2) is 34.9 Å². The molecule has 28 heavy (non-hydrogen) atoms. The van der Waals surface area contributed by atoms with Crippen LogP contribution in [0.15, 0.2) is 28.8 Å². The van der Waals surface area contributed by atoms with Crippen LogP contribution in [-0.2, 0) is 6.42 Å². The van der Waals surface area contributed by atoms with Crippen LogP contribution in [0.3, 0.4) is 0 Å². The summed E-state index contributed by atoms with van der Waals surface area (Å²) in [6.07, 6.45) is 2.63. The summed E-state index contributed by atoms with van der Waals surface area (Å²) >= 11 is 0. The Morgan fingerprint density at radius 3 is 2.68 bits per heavy atom. The molecule has 4 rings (SSSR count). The molecule has 2 amide bonds. The molecule has 3 heterocycles. The zero-order valence-electron chi connectivity index (χ0n) is 16.9. The number of carbonyl (C=O) groups is 1. The van der Waals surface area contributed by atoms with Gasteiger partial charge in [0.25, 0.3) is 0 Å². The maximum Gasteiger partial charge on any atom is 0.320 e. The molecule has 3 N–H and O–H groups in total. The number of hydrogen-bond donors (Lipinski definition) is 3. The molecule has 150 valence electrons. The first-order valence-corrected chi connectivity index (χ1v) is 9.79. The van der Waals surface area contributed by atoms with Crippen molar-refractivity contribution in [1.29, 1.82) is 0 Å². The van der Waals surface area contributed by atoms with Gasteiger partial charge in [0.05, 0.1) is 6.61 Å². The number of carbonyl (C=O) groups excluding carboxylic acids is 1. The van der Waals surface area contributed by atoms with Gasteiger partial charge in [-0.25, -0.2) is 4.79 Å². The zero-order valence-corrected chi connectivity index (χ0v) is 16.9. The van der Waals surface area contributed by atoms with Gasteiger partial charge in [-0.2, -0.15) is 0 Å². The maximum absolute atomic E-state index is 12.5. The van der Waals surface area contributed by atoms with Gasteiger partial charge in [0.2, 0.25) is 0 Å². The van der Waals surface area contributed by atoms with E-state index in [1.807, 2.05) is 18.2 Å². The number of urea groups is 1. The summed E-state index contributed by atoms with van der Waals surface area (Å²) in [7, 11) is 0. The van der Waals surface area contributed by atoms with Crippen molar-refractivity contribution in [3.8, 4) is 17.1 Å². The predicted octanol–water partition coefficient (Wildman–Crippen LogP) is 3.71. The van der Waals surface area contributed by atoms with Crippen molar-refractivity contribution in [3.05, 3.63) is 29.8 Å². The van der Waals surface area contributed by atoms with E-state index >= 15 is 0 Å². The van der Waals surface area contributed by atoms with E-state index in [2.05, 4.69) is 48.8 Å². The van der Waals surface area contributed by atoms with Crippen LogP contribution >= 0.6 is 0 Å². The first-order chi connectivity index (χ1) is 13.2. The minimum atomic E-state index is -0.263. The fourth-order valence-corrected chi connectivity index (χ4v) is 4.57. The number of nitrogens with zero attached hydrogens (tertiary/aromatic N) is 1. The van der Waals surface area contributed by atoms with Crippen molar-refractivity contribution in [2.24, 2.45) is 0 Å². The van der Waals surface area contributed by atoms with Crippen LogP contribution in [0.2, 0.25) is 0 Å². The predicted molar refractivity (Wildman–Crippen MR) is 108 cm³/mol. The van der Waals surface area contributed by atoms with Gasteiger partial charge in [-0.15, -0.1) is 0 Å². The van der Waals surface area contributed by atoms with E-state index in [0.29, 0.717) is 18.2 Å². The molecule has 1 aromatic carbocycles. The lowest BCUT2D eigenvalue weighted by molar-refractivity contribution is 0.149. The van der Waals surface area contributed by atoms with Gasteiger partial charge in [0.1, 0.15) is 5.75 Å². The molecule has 1 fully saturated rings. The van der Waals surface area contributed by atoms with Crippen molar-refractivity contribution in [1.82, 2.24) is 15.8 Å². The Balaban J connectivity index is 1.39. The molecule has 0 radical (unpaired) electrons. The quantitative estimate of drug-likeness (QED) is 0.751. The van der Waals surface area contributed by atoms with E-state index < -0.39 is 0 Å². The summed E-state index contributed by atoms with van der Waals surface area (Å²) in [6, 6.07) is 7.50. The largest absolute Gasteiger partial charge is 0.493 e. The molecule has 0 bridgehead atoms. The van der Waals surface area contributed by atoms with Gasteiger partial charge in [-0.05, 0) is 64.3 Å². The standard InChI is InChI=1S/C21H28N4O3/c1-20(2)11-15(12-21(3,4)25-20)22-19(26)23-18-10-17(28-24-18)13-5-6-16-14(9-13)7-8-27-16/h5-6,9-10,15,25H,7-8,11-12H2,1-4H3,(H2,22,23,24,26). The second kappa shape index (κ2) is 6.81. The first-order valence-electron chi connectivity index (χ1n) is 9.79. The highest BCUT2D eigenvalue weighted by Crippen LogP contribution is 2.31. The maximum atomic E-state index is 12.5. The van der Waals surface area contributed by atoms with Gasteiger partial charge in [0.15, 0.2) is 11.6 Å². The fourth-order valence-electron chi connectivity index (χ4n) is 4.57. The van der Waals surface area contributed by atoms with Crippen LogP contribution in [0.1, 0.15) is 46.1 Å². The first kappa shape index (κ1) is 18.8. The van der Waals surface area contributed by atoms with Crippen LogP contribution in [0.4, 0.5) is 10.6 Å². The van der Waals surface area contributed by atoms with Crippen molar-refractivity contribution in [2.75, 3.05) is 11.9 Å². The van der Waals surface area contributed by atoms with E-state index in [1.165, 1.54) is 0 Å². The second-order valence-electron chi connectivity index (χ2n) is 9.09. The second-order valence-corrected chi connectivity index (χ2v) is 9.09. The third kappa shape index (κ3) is 4.14. The van der Waals surface area contributed by atoms with Crippen LogP contribution in [0.5, 0.6) is 5.75 Å². The molecule has 0 atom stereocenters. The molecular weight excluding hydrogens is 356 g/mol. The number of aromatic nitrogens is 1. The molecule has 2 aromatic rings. The summed E-state index contributed by atoms with van der Waals surface area (Å²) in [6.45, 7) is 9.35. The summed E-state index contributed by atoms with van der Waals surface area (Å²) < 4.78 is 11.0. The Morgan fingerprint density at radius 2 is 1.93 bits per heavy atom. The van der Waals surface area contributed by atoms with E-state index in [1.54, 1.807) is 6.07 Å². The number of benzene rings is 1. The van der Waals surface area contributed by atoms with E-state index in [4.69, 9.17) is 9.26 Å². The number of hydrogen-bond acceptors (Lipinski definition) is 5. The average Bonchev–Trinajstić information content (AvgIpc) is 3.19. The third-order valence-electron chi connectivity index (χ3n) is 5.25. The lowest BCUT2D eigenvalue weighted by atomic mass is 9.80. The third-order valence-corrected chi connectivity index (χ3v) is 5.25. The molecule has 7 nitrogen and oxygen atoms in total. The highest BCUT2D eigenvalue weighted by Gasteiger charge is 2.38. The number of piperidine rings is 1. The van der Waals surface area contributed by atoms with Gasteiger partial charge in [-0.3, -0.25) is 5.32 Å². The number of nitrogens with one attached hydrogen (secondary N) is 3. The van der Waals surface area contributed by atoms with E-state index in [0.717, 1.165) is 36.1 Å². The van der Waals surface area contributed by atoms with Gasteiger partial charge >= 0.3 is 6.03 Å². The summed E-state index contributed by atoms with van der Waals surface area (Å²) in [5.74, 6) is 1.94.